The van der Waals surface area contributed by atoms with Crippen LogP contribution in [0.1, 0.15) is 5.56 Å². The van der Waals surface area contributed by atoms with Crippen molar-refractivity contribution in [1.82, 2.24) is 19.2 Å². The molecule has 2 aromatic carbocycles. The Bertz CT molecular complexity index is 1000. The highest BCUT2D eigenvalue weighted by atomic mass is 32.2. The minimum Gasteiger partial charge on any atom is -0.506 e. The van der Waals surface area contributed by atoms with Gasteiger partial charge < -0.3 is 20.3 Å². The molecule has 1 aliphatic rings. The minimum atomic E-state index is 0.0702. The molecule has 0 atom stereocenters. The lowest BCUT2D eigenvalue weighted by Crippen LogP contribution is -2.40. The fourth-order valence-corrected chi connectivity index (χ4v) is 3.91. The first kappa shape index (κ1) is 17.7. The number of H-pyrrole nitrogens is 1. The predicted octanol–water partition coefficient (Wildman–Crippen LogP) is 3.14. The van der Waals surface area contributed by atoms with Gasteiger partial charge in [-0.3, -0.25) is 0 Å². The molecule has 0 unspecified atom stereocenters. The summed E-state index contributed by atoms with van der Waals surface area (Å²) in [4.78, 5) is 11.3. The lowest BCUT2D eigenvalue weighted by Gasteiger charge is -2.31. The van der Waals surface area contributed by atoms with Gasteiger partial charge in [-0.25, -0.2) is 9.29 Å². The molecule has 1 aromatic heterocycles. The summed E-state index contributed by atoms with van der Waals surface area (Å²) in [6.45, 7) is 4.25. The first-order valence-corrected chi connectivity index (χ1v) is 9.49. The van der Waals surface area contributed by atoms with E-state index in [1.54, 1.807) is 24.1 Å². The molecule has 3 aromatic rings. The number of nitrogens with zero attached hydrogens (tertiary/aromatic N) is 4. The molecule has 0 radical (unpaired) electrons. The summed E-state index contributed by atoms with van der Waals surface area (Å²) in [5.74, 6) is 0.595. The van der Waals surface area contributed by atoms with Gasteiger partial charge in [0.2, 0.25) is 5.95 Å². The van der Waals surface area contributed by atoms with E-state index in [1.807, 2.05) is 6.07 Å². The Morgan fingerprint density at radius 1 is 1.19 bits per heavy atom. The van der Waals surface area contributed by atoms with Crippen molar-refractivity contribution in [3.63, 3.8) is 0 Å². The third kappa shape index (κ3) is 4.01. The van der Waals surface area contributed by atoms with Crippen LogP contribution in [0.2, 0.25) is 0 Å². The van der Waals surface area contributed by atoms with E-state index in [0.717, 1.165) is 42.1 Å². The number of likely N-dealkylation sites (N-methyl/N-ethyl adjacent to an activating group) is 1. The van der Waals surface area contributed by atoms with E-state index in [2.05, 4.69) is 49.7 Å². The van der Waals surface area contributed by atoms with Crippen LogP contribution in [0.5, 0.6) is 5.75 Å². The Kier molecular flexibility index (Phi) is 4.90. The summed E-state index contributed by atoms with van der Waals surface area (Å²) in [7, 11) is 2.15. The summed E-state index contributed by atoms with van der Waals surface area (Å²) < 4.78 is 2.38. The number of hydrogen-bond donors (Lipinski definition) is 3. The third-order valence-corrected chi connectivity index (χ3v) is 5.62. The van der Waals surface area contributed by atoms with Crippen molar-refractivity contribution >= 4 is 34.6 Å². The van der Waals surface area contributed by atoms with Gasteiger partial charge in [0.1, 0.15) is 5.75 Å². The number of piperazine rings is 1. The van der Waals surface area contributed by atoms with Crippen molar-refractivity contribution in [2.45, 2.75) is 4.90 Å². The second kappa shape index (κ2) is 7.48. The molecular formula is C19H20N6OS. The number of rotatable bonds is 4. The zero-order chi connectivity index (χ0) is 18.8. The van der Waals surface area contributed by atoms with E-state index >= 15 is 0 Å². The number of nitrogens with one attached hydrogen (secondary N) is 2. The van der Waals surface area contributed by atoms with E-state index < -0.39 is 0 Å². The van der Waals surface area contributed by atoms with Gasteiger partial charge in [-0.2, -0.15) is 5.26 Å². The van der Waals surface area contributed by atoms with Crippen LogP contribution in [-0.2, 0) is 0 Å². The van der Waals surface area contributed by atoms with Crippen LogP contribution < -0.4 is 5.32 Å². The maximum Gasteiger partial charge on any atom is 0.205 e. The van der Waals surface area contributed by atoms with Crippen molar-refractivity contribution in [2.24, 2.45) is 0 Å². The molecule has 0 spiro atoms. The molecule has 8 heteroatoms. The second-order valence-corrected chi connectivity index (χ2v) is 7.73. The quantitative estimate of drug-likeness (QED) is 0.473. The number of aromatic amines is 1. The number of aromatic hydroxyl groups is 1. The Morgan fingerprint density at radius 3 is 2.78 bits per heavy atom. The standard InChI is InChI=1S/C19H20N6OS/c1-24-6-8-25(9-7-24)27-14-3-4-15-16(11-14)22-19(21-15)23-17-10-13(12-20)2-5-18(17)26/h2-5,10-11,26H,6-9H2,1H3,(H2,21,22,23). The van der Waals surface area contributed by atoms with E-state index in [0.29, 0.717) is 17.2 Å². The maximum atomic E-state index is 9.99. The SMILES string of the molecule is CN1CCN(Sc2ccc3nc(Nc4cc(C#N)ccc4O)[nH]c3c2)CC1. The molecule has 0 aliphatic carbocycles. The zero-order valence-electron chi connectivity index (χ0n) is 14.9. The number of benzene rings is 2. The molecular weight excluding hydrogens is 360 g/mol. The smallest absolute Gasteiger partial charge is 0.205 e. The van der Waals surface area contributed by atoms with E-state index in [1.165, 1.54) is 6.07 Å². The number of hydrogen-bond acceptors (Lipinski definition) is 7. The Hall–Kier alpha value is -2.73. The van der Waals surface area contributed by atoms with Gasteiger partial charge >= 0.3 is 0 Å². The Morgan fingerprint density at radius 2 is 2.00 bits per heavy atom. The molecule has 0 amide bonds. The molecule has 0 bridgehead atoms. The molecule has 3 N–H and O–H groups in total. The lowest BCUT2D eigenvalue weighted by molar-refractivity contribution is 0.233. The van der Waals surface area contributed by atoms with Gasteiger partial charge in [0, 0.05) is 31.1 Å². The maximum absolute atomic E-state index is 9.99. The van der Waals surface area contributed by atoms with E-state index in [9.17, 15) is 5.11 Å². The molecule has 1 aliphatic heterocycles. The van der Waals surface area contributed by atoms with Crippen molar-refractivity contribution in [3.8, 4) is 11.8 Å². The molecule has 2 heterocycles. The van der Waals surface area contributed by atoms with Crippen molar-refractivity contribution < 1.29 is 5.11 Å². The summed E-state index contributed by atoms with van der Waals surface area (Å²) in [5.41, 5.74) is 2.68. The Labute approximate surface area is 161 Å². The van der Waals surface area contributed by atoms with Gasteiger partial charge in [-0.15, -0.1) is 0 Å². The van der Waals surface area contributed by atoms with Gasteiger partial charge in [-0.05, 0) is 55.4 Å². The average molecular weight is 380 g/mol. The highest BCUT2D eigenvalue weighted by molar-refractivity contribution is 7.97. The minimum absolute atomic E-state index is 0.0702. The molecule has 138 valence electrons. The fourth-order valence-electron chi connectivity index (χ4n) is 2.97. The number of phenols is 1. The molecule has 1 saturated heterocycles. The van der Waals surface area contributed by atoms with Crippen molar-refractivity contribution in [1.29, 1.82) is 5.26 Å². The summed E-state index contributed by atoms with van der Waals surface area (Å²) in [6.07, 6.45) is 0. The first-order chi connectivity index (χ1) is 13.1. The van der Waals surface area contributed by atoms with Crippen LogP contribution in [0.3, 0.4) is 0 Å². The highest BCUT2D eigenvalue weighted by Gasteiger charge is 2.15. The topological polar surface area (TPSA) is 91.2 Å². The predicted molar refractivity (Wildman–Crippen MR) is 107 cm³/mol. The van der Waals surface area contributed by atoms with E-state index in [4.69, 9.17) is 5.26 Å². The van der Waals surface area contributed by atoms with E-state index in [-0.39, 0.29) is 5.75 Å². The van der Waals surface area contributed by atoms with Crippen LogP contribution in [0.4, 0.5) is 11.6 Å². The number of fused-ring (bicyclic) bond motifs is 1. The highest BCUT2D eigenvalue weighted by Crippen LogP contribution is 2.30. The fraction of sp³-hybridized carbons (Fsp3) is 0.263. The second-order valence-electron chi connectivity index (χ2n) is 6.56. The molecule has 1 fully saturated rings. The Balaban J connectivity index is 1.52. The zero-order valence-corrected chi connectivity index (χ0v) is 15.8. The molecule has 0 saturated carbocycles. The van der Waals surface area contributed by atoms with Crippen LogP contribution >= 0.6 is 11.9 Å². The first-order valence-electron chi connectivity index (χ1n) is 8.72. The lowest BCUT2D eigenvalue weighted by atomic mass is 10.2. The van der Waals surface area contributed by atoms with Gasteiger partial charge in [-0.1, -0.05) is 0 Å². The van der Waals surface area contributed by atoms with Gasteiger partial charge in [0.05, 0.1) is 28.4 Å². The van der Waals surface area contributed by atoms with Gasteiger partial charge in [0.15, 0.2) is 0 Å². The number of nitriles is 1. The summed E-state index contributed by atoms with van der Waals surface area (Å²) in [5, 5.41) is 22.1. The van der Waals surface area contributed by atoms with Crippen LogP contribution in [0.15, 0.2) is 41.3 Å². The normalized spacial score (nSPS) is 15.7. The molecule has 4 rings (SSSR count). The monoisotopic (exact) mass is 380 g/mol. The number of imidazole rings is 1. The van der Waals surface area contributed by atoms with Crippen LogP contribution in [-0.4, -0.2) is 57.5 Å². The molecule has 27 heavy (non-hydrogen) atoms. The van der Waals surface area contributed by atoms with Gasteiger partial charge in [0.25, 0.3) is 0 Å². The number of aromatic nitrogens is 2. The summed E-state index contributed by atoms with van der Waals surface area (Å²) >= 11 is 1.76. The third-order valence-electron chi connectivity index (χ3n) is 4.53. The number of phenolic OH excluding ortho intramolecular Hbond substituents is 1. The van der Waals surface area contributed by atoms with Crippen molar-refractivity contribution in [3.05, 3.63) is 42.0 Å². The van der Waals surface area contributed by atoms with Crippen LogP contribution in [0.25, 0.3) is 11.0 Å². The van der Waals surface area contributed by atoms with Crippen LogP contribution in [0, 0.1) is 11.3 Å². The summed E-state index contributed by atoms with van der Waals surface area (Å²) in [6, 6.07) is 12.9. The number of anilines is 2. The molecule has 7 nitrogen and oxygen atoms in total. The average Bonchev–Trinajstić information content (AvgIpc) is 3.07. The largest absolute Gasteiger partial charge is 0.506 e. The van der Waals surface area contributed by atoms with Crippen molar-refractivity contribution in [2.75, 3.05) is 38.5 Å².